The number of fused-ring (bicyclic) bond motifs is 1. The molecule has 13 heavy (non-hydrogen) atoms. The molecule has 68 valence electrons. The molecule has 0 unspecified atom stereocenters. The Morgan fingerprint density at radius 3 is 2.62 bits per heavy atom. The second-order valence-electron chi connectivity index (χ2n) is 4.35. The first kappa shape index (κ1) is 8.30. The summed E-state index contributed by atoms with van der Waals surface area (Å²) >= 11 is 0. The van der Waals surface area contributed by atoms with Gasteiger partial charge in [-0.1, -0.05) is 20.8 Å². The van der Waals surface area contributed by atoms with E-state index in [4.69, 9.17) is 0 Å². The molecule has 2 nitrogen and oxygen atoms in total. The van der Waals surface area contributed by atoms with Crippen molar-refractivity contribution in [1.29, 1.82) is 0 Å². The summed E-state index contributed by atoms with van der Waals surface area (Å²) < 4.78 is 1.92. The highest BCUT2D eigenvalue weighted by atomic mass is 15.2. The summed E-state index contributed by atoms with van der Waals surface area (Å²) in [7, 11) is 0. The predicted molar refractivity (Wildman–Crippen MR) is 53.9 cm³/mol. The van der Waals surface area contributed by atoms with Crippen LogP contribution in [0.3, 0.4) is 0 Å². The van der Waals surface area contributed by atoms with Gasteiger partial charge in [-0.25, -0.2) is 4.52 Å². The fourth-order valence-electron chi connectivity index (χ4n) is 1.32. The lowest BCUT2D eigenvalue weighted by atomic mass is 9.92. The van der Waals surface area contributed by atoms with Crippen LogP contribution in [0.4, 0.5) is 0 Å². The van der Waals surface area contributed by atoms with Crippen molar-refractivity contribution in [2.45, 2.75) is 26.2 Å². The van der Waals surface area contributed by atoms with E-state index in [-0.39, 0.29) is 5.41 Å². The quantitative estimate of drug-likeness (QED) is 0.600. The highest BCUT2D eigenvalue weighted by Crippen LogP contribution is 2.19. The molecule has 0 aromatic carbocycles. The van der Waals surface area contributed by atoms with Gasteiger partial charge in [-0.3, -0.25) is 0 Å². The Kier molecular flexibility index (Phi) is 1.65. The fraction of sp³-hybridized carbons (Fsp3) is 0.364. The molecule has 0 saturated heterocycles. The zero-order valence-electron chi connectivity index (χ0n) is 8.28. The van der Waals surface area contributed by atoms with Gasteiger partial charge in [-0.2, -0.15) is 5.10 Å². The largest absolute Gasteiger partial charge is 0.241 e. The molecule has 0 fully saturated rings. The Hall–Kier alpha value is -1.31. The Balaban J connectivity index is 2.61. The molecule has 0 amide bonds. The Morgan fingerprint density at radius 1 is 1.15 bits per heavy atom. The molecule has 2 heterocycles. The molecule has 0 radical (unpaired) electrons. The molecule has 0 aliphatic rings. The maximum absolute atomic E-state index is 4.52. The molecule has 2 aromatic heterocycles. The van der Waals surface area contributed by atoms with E-state index < -0.39 is 0 Å². The van der Waals surface area contributed by atoms with Crippen LogP contribution in [0.15, 0.2) is 30.5 Å². The molecule has 0 N–H and O–H groups in total. The maximum Gasteiger partial charge on any atom is 0.0667 e. The Morgan fingerprint density at radius 2 is 1.92 bits per heavy atom. The van der Waals surface area contributed by atoms with Crippen molar-refractivity contribution in [3.8, 4) is 0 Å². The van der Waals surface area contributed by atoms with Crippen molar-refractivity contribution in [2.75, 3.05) is 0 Å². The van der Waals surface area contributed by atoms with E-state index in [1.807, 2.05) is 16.8 Å². The van der Waals surface area contributed by atoms with E-state index in [9.17, 15) is 0 Å². The lowest BCUT2D eigenvalue weighted by molar-refractivity contribution is 0.554. The van der Waals surface area contributed by atoms with Crippen molar-refractivity contribution < 1.29 is 0 Å². The van der Waals surface area contributed by atoms with E-state index in [0.717, 1.165) is 11.2 Å². The molecule has 0 aliphatic carbocycles. The lowest BCUT2D eigenvalue weighted by Crippen LogP contribution is -2.14. The zero-order valence-corrected chi connectivity index (χ0v) is 8.28. The summed E-state index contributed by atoms with van der Waals surface area (Å²) in [5.41, 5.74) is 2.39. The number of rotatable bonds is 0. The molecule has 0 aliphatic heterocycles. The molecule has 0 spiro atoms. The molecule has 0 atom stereocenters. The first-order chi connectivity index (χ1) is 6.07. The molecular formula is C11H14N2. The average Bonchev–Trinajstić information content (AvgIpc) is 2.47. The summed E-state index contributed by atoms with van der Waals surface area (Å²) in [6, 6.07) is 8.26. The molecular weight excluding hydrogens is 160 g/mol. The topological polar surface area (TPSA) is 17.3 Å². The molecule has 0 saturated carbocycles. The monoisotopic (exact) mass is 174 g/mol. The van der Waals surface area contributed by atoms with Gasteiger partial charge in [-0.05, 0) is 24.3 Å². The van der Waals surface area contributed by atoms with Crippen molar-refractivity contribution >= 4 is 5.52 Å². The predicted octanol–water partition coefficient (Wildman–Crippen LogP) is 2.63. The van der Waals surface area contributed by atoms with Crippen LogP contribution in [0.5, 0.6) is 0 Å². The second-order valence-corrected chi connectivity index (χ2v) is 4.35. The van der Waals surface area contributed by atoms with Gasteiger partial charge in [0.1, 0.15) is 0 Å². The first-order valence-electron chi connectivity index (χ1n) is 4.52. The van der Waals surface area contributed by atoms with Crippen LogP contribution in [0.25, 0.3) is 5.52 Å². The van der Waals surface area contributed by atoms with Gasteiger partial charge in [-0.15, -0.1) is 0 Å². The van der Waals surface area contributed by atoms with Gasteiger partial charge in [0.25, 0.3) is 0 Å². The summed E-state index contributed by atoms with van der Waals surface area (Å²) in [6.45, 7) is 6.51. The minimum Gasteiger partial charge on any atom is -0.241 e. The molecule has 0 bridgehead atoms. The number of nitrogens with zero attached hydrogens (tertiary/aromatic N) is 2. The van der Waals surface area contributed by atoms with Crippen molar-refractivity contribution in [3.63, 3.8) is 0 Å². The summed E-state index contributed by atoms with van der Waals surface area (Å²) in [6.07, 6.45) is 1.98. The van der Waals surface area contributed by atoms with Gasteiger partial charge in [0.05, 0.1) is 11.2 Å². The summed E-state index contributed by atoms with van der Waals surface area (Å²) in [4.78, 5) is 0. The number of hydrogen-bond acceptors (Lipinski definition) is 1. The van der Waals surface area contributed by atoms with Crippen LogP contribution in [0, 0.1) is 0 Å². The van der Waals surface area contributed by atoms with Gasteiger partial charge in [0.2, 0.25) is 0 Å². The van der Waals surface area contributed by atoms with Crippen molar-refractivity contribution in [1.82, 2.24) is 9.61 Å². The minimum absolute atomic E-state index is 0.123. The van der Waals surface area contributed by atoms with Crippen LogP contribution >= 0.6 is 0 Å². The third-order valence-electron chi connectivity index (χ3n) is 2.15. The fourth-order valence-corrected chi connectivity index (χ4v) is 1.32. The van der Waals surface area contributed by atoms with E-state index in [0.29, 0.717) is 0 Å². The Bertz CT molecular complexity index is 421. The highest BCUT2D eigenvalue weighted by molar-refractivity contribution is 5.46. The molecule has 2 heteroatoms. The van der Waals surface area contributed by atoms with Crippen molar-refractivity contribution in [3.05, 3.63) is 36.2 Å². The summed E-state index contributed by atoms with van der Waals surface area (Å²) in [5, 5.41) is 4.52. The lowest BCUT2D eigenvalue weighted by Gasteiger charge is -2.17. The third-order valence-corrected chi connectivity index (χ3v) is 2.15. The Labute approximate surface area is 78.2 Å². The normalized spacial score (nSPS) is 12.2. The standard InChI is InChI=1S/C11H14N2/c1-11(2,3)10-7-6-9-5-4-8-13(9)12-10/h4-8H,1-3H3. The van der Waals surface area contributed by atoms with Crippen molar-refractivity contribution in [2.24, 2.45) is 0 Å². The first-order valence-corrected chi connectivity index (χ1v) is 4.52. The zero-order chi connectivity index (χ0) is 9.47. The van der Waals surface area contributed by atoms with Crippen LogP contribution in [-0.2, 0) is 5.41 Å². The maximum atomic E-state index is 4.52. The minimum atomic E-state index is 0.123. The van der Waals surface area contributed by atoms with Crippen LogP contribution in [-0.4, -0.2) is 9.61 Å². The van der Waals surface area contributed by atoms with Crippen LogP contribution < -0.4 is 0 Å². The van der Waals surface area contributed by atoms with Crippen LogP contribution in [0.1, 0.15) is 26.5 Å². The third kappa shape index (κ3) is 1.44. The average molecular weight is 174 g/mol. The second kappa shape index (κ2) is 2.59. The van der Waals surface area contributed by atoms with Crippen LogP contribution in [0.2, 0.25) is 0 Å². The molecule has 2 rings (SSSR count). The number of aromatic nitrogens is 2. The number of hydrogen-bond donors (Lipinski definition) is 0. The SMILES string of the molecule is CC(C)(C)c1ccc2cccn2n1. The highest BCUT2D eigenvalue weighted by Gasteiger charge is 2.15. The van der Waals surface area contributed by atoms with E-state index in [2.05, 4.69) is 44.1 Å². The molecule has 2 aromatic rings. The van der Waals surface area contributed by atoms with Gasteiger partial charge in [0, 0.05) is 11.6 Å². The van der Waals surface area contributed by atoms with E-state index in [1.54, 1.807) is 0 Å². The van der Waals surface area contributed by atoms with E-state index >= 15 is 0 Å². The van der Waals surface area contributed by atoms with E-state index in [1.165, 1.54) is 0 Å². The van der Waals surface area contributed by atoms with Gasteiger partial charge < -0.3 is 0 Å². The van der Waals surface area contributed by atoms with Gasteiger partial charge in [0.15, 0.2) is 0 Å². The summed E-state index contributed by atoms with van der Waals surface area (Å²) in [5.74, 6) is 0. The smallest absolute Gasteiger partial charge is 0.0667 e. The van der Waals surface area contributed by atoms with Gasteiger partial charge >= 0.3 is 0 Å².